The van der Waals surface area contributed by atoms with Crippen LogP contribution >= 0.6 is 11.5 Å². The molecule has 0 radical (unpaired) electrons. The third-order valence-corrected chi connectivity index (χ3v) is 5.18. The average Bonchev–Trinajstić information content (AvgIpc) is 3.26. The highest BCUT2D eigenvalue weighted by atomic mass is 32.1. The van der Waals surface area contributed by atoms with E-state index >= 15 is 0 Å². The first-order valence-electron chi connectivity index (χ1n) is 8.25. The van der Waals surface area contributed by atoms with E-state index < -0.39 is 0 Å². The predicted octanol–water partition coefficient (Wildman–Crippen LogP) is 3.03. The first-order chi connectivity index (χ1) is 11.7. The predicted molar refractivity (Wildman–Crippen MR) is 95.7 cm³/mol. The number of hydrogen-bond acceptors (Lipinski definition) is 5. The van der Waals surface area contributed by atoms with Crippen LogP contribution in [-0.2, 0) is 0 Å². The van der Waals surface area contributed by atoms with Gasteiger partial charge in [0.2, 0.25) is 0 Å². The minimum atomic E-state index is -0.0544. The number of aromatic nitrogens is 1. The van der Waals surface area contributed by atoms with Crippen molar-refractivity contribution in [3.63, 3.8) is 0 Å². The molecule has 128 valence electrons. The number of likely N-dealkylation sites (tertiary alicyclic amines) is 1. The van der Waals surface area contributed by atoms with Crippen LogP contribution < -0.4 is 10.1 Å². The molecule has 1 fully saturated rings. The van der Waals surface area contributed by atoms with Gasteiger partial charge in [0.1, 0.15) is 5.75 Å². The Hall–Kier alpha value is -1.92. The van der Waals surface area contributed by atoms with Crippen molar-refractivity contribution in [1.82, 2.24) is 14.6 Å². The van der Waals surface area contributed by atoms with Crippen LogP contribution in [0.2, 0.25) is 0 Å². The summed E-state index contributed by atoms with van der Waals surface area (Å²) in [6.45, 7) is 4.89. The van der Waals surface area contributed by atoms with Crippen LogP contribution in [0.4, 0.5) is 0 Å². The van der Waals surface area contributed by atoms with Crippen LogP contribution in [0.25, 0.3) is 0 Å². The Morgan fingerprint density at radius 3 is 2.62 bits per heavy atom. The van der Waals surface area contributed by atoms with Crippen molar-refractivity contribution in [3.05, 3.63) is 46.5 Å². The minimum Gasteiger partial charge on any atom is -0.497 e. The van der Waals surface area contributed by atoms with Gasteiger partial charge in [0.25, 0.3) is 5.91 Å². The second-order valence-corrected chi connectivity index (χ2v) is 6.75. The molecule has 3 rings (SSSR count). The summed E-state index contributed by atoms with van der Waals surface area (Å²) in [7, 11) is 1.66. The Morgan fingerprint density at radius 1 is 1.33 bits per heavy atom. The molecule has 2 aromatic rings. The number of carbonyl (C=O) groups excluding carboxylic acids is 1. The van der Waals surface area contributed by atoms with E-state index in [4.69, 9.17) is 4.74 Å². The maximum atomic E-state index is 12.6. The maximum absolute atomic E-state index is 12.6. The lowest BCUT2D eigenvalue weighted by Gasteiger charge is -2.25. The number of ether oxygens (including phenoxy) is 1. The molecule has 2 heterocycles. The van der Waals surface area contributed by atoms with Gasteiger partial charge in [0.15, 0.2) is 0 Å². The zero-order chi connectivity index (χ0) is 16.9. The molecule has 1 amide bonds. The van der Waals surface area contributed by atoms with Crippen LogP contribution in [-0.4, -0.2) is 41.9 Å². The number of nitrogens with zero attached hydrogens (tertiary/aromatic N) is 2. The fourth-order valence-electron chi connectivity index (χ4n) is 3.04. The summed E-state index contributed by atoms with van der Waals surface area (Å²) in [5, 5.41) is 5.00. The molecule has 1 atom stereocenters. The van der Waals surface area contributed by atoms with Crippen molar-refractivity contribution in [1.29, 1.82) is 0 Å². The molecule has 0 aliphatic carbocycles. The molecule has 0 saturated carbocycles. The molecule has 1 aliphatic rings. The topological polar surface area (TPSA) is 54.5 Å². The van der Waals surface area contributed by atoms with E-state index in [1.54, 1.807) is 7.11 Å². The lowest BCUT2D eigenvalue weighted by Crippen LogP contribution is -2.37. The van der Waals surface area contributed by atoms with E-state index in [0.717, 1.165) is 36.6 Å². The Labute approximate surface area is 146 Å². The maximum Gasteiger partial charge on any atom is 0.254 e. The molecule has 1 saturated heterocycles. The van der Waals surface area contributed by atoms with E-state index in [-0.39, 0.29) is 11.9 Å². The van der Waals surface area contributed by atoms with Crippen molar-refractivity contribution in [2.75, 3.05) is 26.7 Å². The highest BCUT2D eigenvalue weighted by Crippen LogP contribution is 2.22. The monoisotopic (exact) mass is 345 g/mol. The number of benzene rings is 1. The van der Waals surface area contributed by atoms with Crippen molar-refractivity contribution in [2.45, 2.75) is 25.8 Å². The lowest BCUT2D eigenvalue weighted by atomic mass is 10.1. The summed E-state index contributed by atoms with van der Waals surface area (Å²) < 4.78 is 9.43. The van der Waals surface area contributed by atoms with Gasteiger partial charge in [-0.25, -0.2) is 0 Å². The third-order valence-electron chi connectivity index (χ3n) is 4.46. The Bertz CT molecular complexity index is 678. The standard InChI is InChI=1S/C18H23N3O2S/c1-13-16(12-24-20-13)18(22)19-17(11-21-9-3-4-10-21)14-5-7-15(23-2)8-6-14/h5-8,12,17H,3-4,9-11H2,1-2H3,(H,19,22)/t17-/m0/s1. The quantitative estimate of drug-likeness (QED) is 0.874. The van der Waals surface area contributed by atoms with Gasteiger partial charge in [-0.1, -0.05) is 12.1 Å². The second-order valence-electron chi connectivity index (χ2n) is 6.12. The number of nitrogens with one attached hydrogen (secondary N) is 1. The fraction of sp³-hybridized carbons (Fsp3) is 0.444. The molecule has 1 aromatic heterocycles. The Balaban J connectivity index is 1.77. The summed E-state index contributed by atoms with van der Waals surface area (Å²) >= 11 is 1.32. The number of amides is 1. The van der Waals surface area contributed by atoms with Crippen molar-refractivity contribution in [3.8, 4) is 5.75 Å². The normalized spacial score (nSPS) is 16.1. The second kappa shape index (κ2) is 7.77. The summed E-state index contributed by atoms with van der Waals surface area (Å²) in [6.07, 6.45) is 2.47. The van der Waals surface area contributed by atoms with Crippen LogP contribution in [0.3, 0.4) is 0 Å². The molecule has 6 heteroatoms. The molecule has 24 heavy (non-hydrogen) atoms. The van der Waals surface area contributed by atoms with Gasteiger partial charge >= 0.3 is 0 Å². The molecule has 0 spiro atoms. The molecule has 5 nitrogen and oxygen atoms in total. The van der Waals surface area contributed by atoms with Crippen LogP contribution in [0.15, 0.2) is 29.6 Å². The zero-order valence-electron chi connectivity index (χ0n) is 14.1. The van der Waals surface area contributed by atoms with Gasteiger partial charge in [-0.05, 0) is 62.1 Å². The lowest BCUT2D eigenvalue weighted by molar-refractivity contribution is 0.0927. The highest BCUT2D eigenvalue weighted by Gasteiger charge is 2.22. The van der Waals surface area contributed by atoms with E-state index in [9.17, 15) is 4.79 Å². The number of rotatable bonds is 6. The first-order valence-corrected chi connectivity index (χ1v) is 9.09. The SMILES string of the molecule is COc1ccc([C@H](CN2CCCC2)NC(=O)c2csnc2C)cc1. The summed E-state index contributed by atoms with van der Waals surface area (Å²) in [6, 6.07) is 7.89. The third kappa shape index (κ3) is 3.94. The van der Waals surface area contributed by atoms with E-state index in [1.165, 1.54) is 24.4 Å². The molecule has 1 N–H and O–H groups in total. The highest BCUT2D eigenvalue weighted by molar-refractivity contribution is 7.03. The summed E-state index contributed by atoms with van der Waals surface area (Å²) in [4.78, 5) is 15.0. The largest absolute Gasteiger partial charge is 0.497 e. The van der Waals surface area contributed by atoms with Gasteiger partial charge in [0, 0.05) is 11.9 Å². The Morgan fingerprint density at radius 2 is 2.04 bits per heavy atom. The van der Waals surface area contributed by atoms with Gasteiger partial charge in [-0.2, -0.15) is 4.37 Å². The van der Waals surface area contributed by atoms with E-state index in [1.807, 2.05) is 36.6 Å². The molecule has 0 bridgehead atoms. The zero-order valence-corrected chi connectivity index (χ0v) is 14.9. The average molecular weight is 345 g/mol. The van der Waals surface area contributed by atoms with Crippen molar-refractivity contribution >= 4 is 17.4 Å². The number of carbonyl (C=O) groups is 1. The van der Waals surface area contributed by atoms with Crippen LogP contribution in [0, 0.1) is 6.92 Å². The van der Waals surface area contributed by atoms with E-state index in [0.29, 0.717) is 5.56 Å². The van der Waals surface area contributed by atoms with Gasteiger partial charge < -0.3 is 15.0 Å². The fourth-order valence-corrected chi connectivity index (χ4v) is 3.73. The van der Waals surface area contributed by atoms with Gasteiger partial charge in [-0.3, -0.25) is 4.79 Å². The summed E-state index contributed by atoms with van der Waals surface area (Å²) in [5.74, 6) is 0.768. The van der Waals surface area contributed by atoms with Crippen LogP contribution in [0.1, 0.15) is 40.5 Å². The Kier molecular flexibility index (Phi) is 5.48. The van der Waals surface area contributed by atoms with Crippen molar-refractivity contribution < 1.29 is 9.53 Å². The van der Waals surface area contributed by atoms with Crippen LogP contribution in [0.5, 0.6) is 5.75 Å². The van der Waals surface area contributed by atoms with Crippen molar-refractivity contribution in [2.24, 2.45) is 0 Å². The van der Waals surface area contributed by atoms with E-state index in [2.05, 4.69) is 14.6 Å². The molecule has 1 aliphatic heterocycles. The van der Waals surface area contributed by atoms with Gasteiger partial charge in [-0.15, -0.1) is 0 Å². The minimum absolute atomic E-state index is 0.0409. The van der Waals surface area contributed by atoms with Gasteiger partial charge in [0.05, 0.1) is 24.4 Å². The molecular formula is C18H23N3O2S. The number of methoxy groups -OCH3 is 1. The molecular weight excluding hydrogens is 322 g/mol. The smallest absolute Gasteiger partial charge is 0.254 e. The first kappa shape index (κ1) is 16.9. The molecule has 0 unspecified atom stereocenters. The number of aryl methyl sites for hydroxylation is 1. The summed E-state index contributed by atoms with van der Waals surface area (Å²) in [5.41, 5.74) is 2.55. The number of hydrogen-bond donors (Lipinski definition) is 1. The molecule has 1 aromatic carbocycles.